The molecule has 0 aromatic carbocycles. The first-order valence-corrected chi connectivity index (χ1v) is 8.71. The minimum Gasteiger partial charge on any atom is -0.459 e. The number of carbonyl (C=O) groups excluding carboxylic acids is 1. The van der Waals surface area contributed by atoms with E-state index >= 15 is 0 Å². The number of pyridine rings is 1. The van der Waals surface area contributed by atoms with Gasteiger partial charge in [-0.3, -0.25) is 9.79 Å². The van der Waals surface area contributed by atoms with Gasteiger partial charge in [0.25, 0.3) is 0 Å². The molecular formula is C17H27ClIN5O2. The quantitative estimate of drug-likeness (QED) is 0.289. The summed E-state index contributed by atoms with van der Waals surface area (Å²) in [6.07, 6.45) is 2.67. The highest BCUT2D eigenvalue weighted by Gasteiger charge is 2.25. The van der Waals surface area contributed by atoms with Gasteiger partial charge < -0.3 is 20.3 Å². The Morgan fingerprint density at radius 2 is 2.23 bits per heavy atom. The third-order valence-corrected chi connectivity index (χ3v) is 3.91. The molecule has 0 saturated carbocycles. The molecule has 0 aliphatic carbocycles. The number of carbonyl (C=O) groups is 1. The van der Waals surface area contributed by atoms with Crippen molar-refractivity contribution in [2.24, 2.45) is 4.99 Å². The van der Waals surface area contributed by atoms with Gasteiger partial charge >= 0.3 is 5.97 Å². The third kappa shape index (κ3) is 7.14. The summed E-state index contributed by atoms with van der Waals surface area (Å²) in [5, 5.41) is 6.96. The van der Waals surface area contributed by atoms with Gasteiger partial charge in [-0.15, -0.1) is 24.0 Å². The number of aromatic nitrogens is 1. The fourth-order valence-corrected chi connectivity index (χ4v) is 2.84. The van der Waals surface area contributed by atoms with Crippen LogP contribution in [0.15, 0.2) is 23.3 Å². The summed E-state index contributed by atoms with van der Waals surface area (Å²) in [6, 6.07) is 3.86. The molecule has 0 amide bonds. The van der Waals surface area contributed by atoms with Gasteiger partial charge in [-0.2, -0.15) is 0 Å². The predicted molar refractivity (Wildman–Crippen MR) is 116 cm³/mol. The first-order valence-electron chi connectivity index (χ1n) is 8.33. The van der Waals surface area contributed by atoms with Crippen molar-refractivity contribution in [2.45, 2.75) is 38.8 Å². The lowest BCUT2D eigenvalue weighted by Crippen LogP contribution is -2.46. The van der Waals surface area contributed by atoms with Crippen LogP contribution in [0.2, 0.25) is 5.02 Å². The van der Waals surface area contributed by atoms with Crippen LogP contribution in [-0.4, -0.2) is 55.2 Å². The lowest BCUT2D eigenvalue weighted by atomic mass is 10.2. The van der Waals surface area contributed by atoms with E-state index in [4.69, 9.17) is 16.3 Å². The highest BCUT2D eigenvalue weighted by Crippen LogP contribution is 2.25. The van der Waals surface area contributed by atoms with Crippen LogP contribution in [-0.2, 0) is 9.53 Å². The number of anilines is 1. The fraction of sp³-hybridized carbons (Fsp3) is 0.588. The van der Waals surface area contributed by atoms with Crippen molar-refractivity contribution in [3.05, 3.63) is 23.4 Å². The molecule has 9 heteroatoms. The fourth-order valence-electron chi connectivity index (χ4n) is 2.60. The molecule has 1 aliphatic rings. The number of nitrogens with one attached hydrogen (secondary N) is 2. The summed E-state index contributed by atoms with van der Waals surface area (Å²) >= 11 is 6.21. The Labute approximate surface area is 177 Å². The Morgan fingerprint density at radius 1 is 1.50 bits per heavy atom. The van der Waals surface area contributed by atoms with E-state index in [0.29, 0.717) is 11.0 Å². The van der Waals surface area contributed by atoms with Gasteiger partial charge in [-0.1, -0.05) is 11.6 Å². The van der Waals surface area contributed by atoms with Crippen LogP contribution in [0, 0.1) is 0 Å². The van der Waals surface area contributed by atoms with E-state index in [0.717, 1.165) is 25.3 Å². The number of guanidine groups is 1. The van der Waals surface area contributed by atoms with E-state index in [-0.39, 0.29) is 42.5 Å². The molecule has 146 valence electrons. The maximum Gasteiger partial charge on any atom is 0.325 e. The van der Waals surface area contributed by atoms with E-state index in [2.05, 4.69) is 25.5 Å². The molecule has 1 aliphatic heterocycles. The Balaban J connectivity index is 0.00000338. The van der Waals surface area contributed by atoms with Gasteiger partial charge in [0, 0.05) is 32.4 Å². The van der Waals surface area contributed by atoms with E-state index in [9.17, 15) is 4.79 Å². The number of aliphatic imine (C=N–C) groups is 1. The highest BCUT2D eigenvalue weighted by atomic mass is 127. The normalized spacial score (nSPS) is 17.5. The van der Waals surface area contributed by atoms with E-state index in [1.54, 1.807) is 13.2 Å². The Kier molecular flexibility index (Phi) is 8.88. The van der Waals surface area contributed by atoms with Crippen LogP contribution < -0.4 is 15.5 Å². The number of nitrogens with zero attached hydrogens (tertiary/aromatic N) is 3. The number of rotatable bonds is 4. The zero-order valence-electron chi connectivity index (χ0n) is 15.6. The Morgan fingerprint density at radius 3 is 2.85 bits per heavy atom. The monoisotopic (exact) mass is 495 g/mol. The SMILES string of the molecule is CN=C(NCC(=O)OC(C)(C)C)NC1CCN(c2ncccc2Cl)C1.I. The summed E-state index contributed by atoms with van der Waals surface area (Å²) in [7, 11) is 1.67. The Hall–Kier alpha value is -1.29. The van der Waals surface area contributed by atoms with Crippen molar-refractivity contribution >= 4 is 53.3 Å². The topological polar surface area (TPSA) is 78.8 Å². The second-order valence-electron chi connectivity index (χ2n) is 6.90. The molecule has 2 N–H and O–H groups in total. The standard InChI is InChI=1S/C17H26ClN5O2.HI/c1-17(2,3)25-14(24)10-21-16(19-4)22-12-7-9-23(11-12)15-13(18)6-5-8-20-15;/h5-6,8,12H,7,9-11H2,1-4H3,(H2,19,21,22);1H. The molecule has 1 fully saturated rings. The molecule has 0 spiro atoms. The first kappa shape index (κ1) is 22.8. The molecule has 1 aromatic rings. The third-order valence-electron chi connectivity index (χ3n) is 3.61. The summed E-state index contributed by atoms with van der Waals surface area (Å²) in [6.45, 7) is 7.22. The smallest absolute Gasteiger partial charge is 0.325 e. The van der Waals surface area contributed by atoms with E-state index in [1.807, 2.05) is 32.9 Å². The second kappa shape index (κ2) is 10.1. The maximum atomic E-state index is 11.8. The average molecular weight is 496 g/mol. The molecule has 7 nitrogen and oxygen atoms in total. The van der Waals surface area contributed by atoms with Crippen molar-refractivity contribution in [1.29, 1.82) is 0 Å². The van der Waals surface area contributed by atoms with E-state index < -0.39 is 5.60 Å². The maximum absolute atomic E-state index is 11.8. The van der Waals surface area contributed by atoms with Gasteiger partial charge in [0.1, 0.15) is 18.0 Å². The zero-order valence-corrected chi connectivity index (χ0v) is 18.7. The molecule has 0 radical (unpaired) electrons. The molecular weight excluding hydrogens is 469 g/mol. The summed E-state index contributed by atoms with van der Waals surface area (Å²) in [5.74, 6) is 1.05. The van der Waals surface area contributed by atoms with Gasteiger partial charge in [0.05, 0.1) is 5.02 Å². The molecule has 26 heavy (non-hydrogen) atoms. The largest absolute Gasteiger partial charge is 0.459 e. The van der Waals surface area contributed by atoms with Crippen LogP contribution in [0.25, 0.3) is 0 Å². The van der Waals surface area contributed by atoms with Crippen LogP contribution >= 0.6 is 35.6 Å². The summed E-state index contributed by atoms with van der Waals surface area (Å²) in [4.78, 5) is 22.4. The summed E-state index contributed by atoms with van der Waals surface area (Å²) in [5.41, 5.74) is -0.496. The van der Waals surface area contributed by atoms with Gasteiger partial charge in [-0.25, -0.2) is 4.98 Å². The molecule has 2 rings (SSSR count). The number of hydrogen-bond donors (Lipinski definition) is 2. The predicted octanol–water partition coefficient (Wildman–Crippen LogP) is 2.44. The van der Waals surface area contributed by atoms with E-state index in [1.165, 1.54) is 0 Å². The van der Waals surface area contributed by atoms with Crippen LogP contribution in [0.3, 0.4) is 0 Å². The zero-order chi connectivity index (χ0) is 18.4. The first-order chi connectivity index (χ1) is 11.8. The van der Waals surface area contributed by atoms with Crippen LogP contribution in [0.5, 0.6) is 0 Å². The van der Waals surface area contributed by atoms with Crippen LogP contribution in [0.4, 0.5) is 5.82 Å². The van der Waals surface area contributed by atoms with Crippen molar-refractivity contribution in [3.8, 4) is 0 Å². The average Bonchev–Trinajstić information content (AvgIpc) is 2.98. The van der Waals surface area contributed by atoms with Crippen molar-refractivity contribution in [2.75, 3.05) is 31.6 Å². The molecule has 1 saturated heterocycles. The minimum absolute atomic E-state index is 0. The molecule has 0 bridgehead atoms. The van der Waals surface area contributed by atoms with Crippen molar-refractivity contribution in [1.82, 2.24) is 15.6 Å². The summed E-state index contributed by atoms with van der Waals surface area (Å²) < 4.78 is 5.28. The van der Waals surface area contributed by atoms with Gasteiger partial charge in [0.15, 0.2) is 5.96 Å². The molecule has 2 heterocycles. The number of ether oxygens (including phenoxy) is 1. The molecule has 1 atom stereocenters. The Bertz CT molecular complexity index is 636. The van der Waals surface area contributed by atoms with Crippen LogP contribution in [0.1, 0.15) is 27.2 Å². The van der Waals surface area contributed by atoms with Gasteiger partial charge in [-0.05, 0) is 39.3 Å². The number of hydrogen-bond acceptors (Lipinski definition) is 5. The minimum atomic E-state index is -0.496. The lowest BCUT2D eigenvalue weighted by Gasteiger charge is -2.21. The number of halogens is 2. The van der Waals surface area contributed by atoms with Crippen molar-refractivity contribution < 1.29 is 9.53 Å². The number of esters is 1. The highest BCUT2D eigenvalue weighted by molar-refractivity contribution is 14.0. The molecule has 1 unspecified atom stereocenters. The molecule has 1 aromatic heterocycles. The van der Waals surface area contributed by atoms with Crippen molar-refractivity contribution in [3.63, 3.8) is 0 Å². The van der Waals surface area contributed by atoms with Gasteiger partial charge in [0.2, 0.25) is 0 Å². The second-order valence-corrected chi connectivity index (χ2v) is 7.30. The lowest BCUT2D eigenvalue weighted by molar-refractivity contribution is -0.153.